The first-order chi connectivity index (χ1) is 17.5. The van der Waals surface area contributed by atoms with Crippen molar-refractivity contribution in [2.45, 2.75) is 101 Å². The molecule has 6 heteroatoms. The van der Waals surface area contributed by atoms with E-state index in [2.05, 4.69) is 102 Å². The first-order valence-corrected chi connectivity index (χ1v) is 13.9. The van der Waals surface area contributed by atoms with Crippen LogP contribution in [0.15, 0.2) is 87.5 Å². The van der Waals surface area contributed by atoms with Crippen LogP contribution in [0.25, 0.3) is 0 Å². The van der Waals surface area contributed by atoms with Crippen molar-refractivity contribution in [2.75, 3.05) is 0 Å². The van der Waals surface area contributed by atoms with Crippen molar-refractivity contribution in [2.24, 2.45) is 0 Å². The lowest BCUT2D eigenvalue weighted by Crippen LogP contribution is -2.27. The van der Waals surface area contributed by atoms with Crippen LogP contribution in [0.4, 0.5) is 0 Å². The molecule has 0 aromatic heterocycles. The van der Waals surface area contributed by atoms with Crippen molar-refractivity contribution >= 4 is 16.9 Å². The molecule has 0 aliphatic carbocycles. The summed E-state index contributed by atoms with van der Waals surface area (Å²) in [7, 11) is -0.444. The summed E-state index contributed by atoms with van der Waals surface area (Å²) in [6, 6.07) is 25.2. The van der Waals surface area contributed by atoms with Crippen molar-refractivity contribution in [3.05, 3.63) is 72.8 Å². The second-order valence-electron chi connectivity index (χ2n) is 11.8. The predicted molar refractivity (Wildman–Crippen MR) is 153 cm³/mol. The molecular formula is C32H42O5S. The lowest BCUT2D eigenvalue weighted by Gasteiger charge is -2.28. The van der Waals surface area contributed by atoms with E-state index in [0.29, 0.717) is 0 Å². The molecule has 0 saturated heterocycles. The highest BCUT2D eigenvalue weighted by atomic mass is 32.2. The van der Waals surface area contributed by atoms with Crippen LogP contribution >= 0.6 is 0 Å². The lowest BCUT2D eigenvalue weighted by molar-refractivity contribution is -0.302. The number of hydrogen-bond donors (Lipinski definition) is 0. The summed E-state index contributed by atoms with van der Waals surface area (Å²) in [4.78, 5) is 12.3. The van der Waals surface area contributed by atoms with Crippen molar-refractivity contribution < 1.29 is 24.1 Å². The van der Waals surface area contributed by atoms with Crippen LogP contribution in [-0.2, 0) is 15.7 Å². The van der Waals surface area contributed by atoms with Crippen LogP contribution in [0.5, 0.6) is 17.2 Å². The molecule has 0 aliphatic rings. The SMILES string of the molecule is CC(=O)[O-].CC(C)(C)Oc1cc(OC(C)(C)C)c([S+](c2ccccc2)c2ccccc2)c(OC(C)(C)C)c1. The largest absolute Gasteiger partial charge is 0.550 e. The van der Waals surface area contributed by atoms with Gasteiger partial charge in [-0.05, 0) is 93.5 Å². The van der Waals surface area contributed by atoms with E-state index >= 15 is 0 Å². The third-order valence-corrected chi connectivity index (χ3v) is 6.71. The van der Waals surface area contributed by atoms with Crippen LogP contribution < -0.4 is 19.3 Å². The topological polar surface area (TPSA) is 67.8 Å². The highest BCUT2D eigenvalue weighted by molar-refractivity contribution is 7.97. The summed E-state index contributed by atoms with van der Waals surface area (Å²) in [5, 5.41) is 8.89. The number of carboxylic acids is 1. The molecule has 206 valence electrons. The fraction of sp³-hybridized carbons (Fsp3) is 0.406. The van der Waals surface area contributed by atoms with Gasteiger partial charge in [0.15, 0.2) is 21.3 Å². The smallest absolute Gasteiger partial charge is 0.250 e. The minimum atomic E-state index is -1.08. The van der Waals surface area contributed by atoms with E-state index < -0.39 is 28.1 Å². The van der Waals surface area contributed by atoms with E-state index in [1.807, 2.05) is 32.9 Å². The molecule has 5 nitrogen and oxygen atoms in total. The Labute approximate surface area is 231 Å². The number of carbonyl (C=O) groups is 1. The second kappa shape index (κ2) is 12.6. The third-order valence-electron chi connectivity index (χ3n) is 4.41. The molecule has 0 amide bonds. The molecule has 0 bridgehead atoms. The monoisotopic (exact) mass is 538 g/mol. The fourth-order valence-electron chi connectivity index (χ4n) is 3.46. The number of benzene rings is 3. The number of rotatable bonds is 6. The maximum absolute atomic E-state index is 8.89. The molecule has 0 fully saturated rings. The van der Waals surface area contributed by atoms with Crippen molar-refractivity contribution in [1.82, 2.24) is 0 Å². The van der Waals surface area contributed by atoms with Crippen LogP contribution in [0.3, 0.4) is 0 Å². The third kappa shape index (κ3) is 10.7. The molecule has 0 N–H and O–H groups in total. The zero-order valence-corrected chi connectivity index (χ0v) is 25.2. The Morgan fingerprint density at radius 2 is 0.947 bits per heavy atom. The Balaban J connectivity index is 0.00000118. The van der Waals surface area contributed by atoms with E-state index in [4.69, 9.17) is 24.1 Å². The summed E-state index contributed by atoms with van der Waals surface area (Å²) in [6.07, 6.45) is 0. The molecule has 38 heavy (non-hydrogen) atoms. The summed E-state index contributed by atoms with van der Waals surface area (Å²) in [6.45, 7) is 19.5. The second-order valence-corrected chi connectivity index (χ2v) is 13.8. The highest BCUT2D eigenvalue weighted by Gasteiger charge is 2.39. The summed E-state index contributed by atoms with van der Waals surface area (Å²) < 4.78 is 19.5. The Hall–Kier alpha value is -3.12. The van der Waals surface area contributed by atoms with Gasteiger partial charge in [0.25, 0.3) is 0 Å². The van der Waals surface area contributed by atoms with Crippen LogP contribution in [0.2, 0.25) is 0 Å². The molecule has 0 radical (unpaired) electrons. The van der Waals surface area contributed by atoms with Gasteiger partial charge in [-0.15, -0.1) is 0 Å². The van der Waals surface area contributed by atoms with E-state index in [1.165, 1.54) is 9.79 Å². The molecule has 3 rings (SSSR count). The summed E-state index contributed by atoms with van der Waals surface area (Å²) in [5.74, 6) is 1.22. The van der Waals surface area contributed by atoms with Gasteiger partial charge in [-0.3, -0.25) is 0 Å². The van der Waals surface area contributed by atoms with E-state index in [9.17, 15) is 0 Å². The number of hydrogen-bond acceptors (Lipinski definition) is 5. The van der Waals surface area contributed by atoms with Crippen molar-refractivity contribution in [1.29, 1.82) is 0 Å². The van der Waals surface area contributed by atoms with Crippen LogP contribution in [0.1, 0.15) is 69.2 Å². The number of aliphatic carboxylic acids is 1. The van der Waals surface area contributed by atoms with E-state index in [0.717, 1.165) is 29.1 Å². The predicted octanol–water partition coefficient (Wildman–Crippen LogP) is 7.07. The molecular weight excluding hydrogens is 496 g/mol. The Bertz CT molecular complexity index is 1090. The average molecular weight is 539 g/mol. The van der Waals surface area contributed by atoms with Crippen LogP contribution in [0, 0.1) is 0 Å². The zero-order valence-electron chi connectivity index (χ0n) is 24.4. The van der Waals surface area contributed by atoms with Gasteiger partial charge < -0.3 is 24.1 Å². The van der Waals surface area contributed by atoms with Gasteiger partial charge >= 0.3 is 0 Å². The quantitative estimate of drug-likeness (QED) is 0.314. The van der Waals surface area contributed by atoms with Gasteiger partial charge in [-0.1, -0.05) is 36.4 Å². The molecule has 0 saturated carbocycles. The van der Waals surface area contributed by atoms with Gasteiger partial charge in [0.2, 0.25) is 4.90 Å². The summed E-state index contributed by atoms with van der Waals surface area (Å²) in [5.41, 5.74) is -1.13. The molecule has 0 aliphatic heterocycles. The molecule has 0 heterocycles. The minimum Gasteiger partial charge on any atom is -0.550 e. The van der Waals surface area contributed by atoms with Gasteiger partial charge in [-0.25, -0.2) is 0 Å². The first-order valence-electron chi connectivity index (χ1n) is 12.7. The molecule has 3 aromatic rings. The Morgan fingerprint density at radius 1 is 0.632 bits per heavy atom. The Kier molecular flexibility index (Phi) is 10.3. The Morgan fingerprint density at radius 3 is 1.24 bits per heavy atom. The normalized spacial score (nSPS) is 11.9. The highest BCUT2D eigenvalue weighted by Crippen LogP contribution is 2.47. The molecule has 0 unspecified atom stereocenters. The maximum atomic E-state index is 8.89. The van der Waals surface area contributed by atoms with Gasteiger partial charge in [0, 0.05) is 18.1 Å². The lowest BCUT2D eigenvalue weighted by atomic mass is 10.1. The summed E-state index contributed by atoms with van der Waals surface area (Å²) >= 11 is 0. The van der Waals surface area contributed by atoms with E-state index in [1.54, 1.807) is 0 Å². The van der Waals surface area contributed by atoms with Gasteiger partial charge in [-0.2, -0.15) is 0 Å². The first kappa shape index (κ1) is 31.1. The average Bonchev–Trinajstić information content (AvgIpc) is 2.73. The maximum Gasteiger partial charge on any atom is 0.250 e. The van der Waals surface area contributed by atoms with Crippen molar-refractivity contribution in [3.8, 4) is 17.2 Å². The molecule has 3 aromatic carbocycles. The number of ether oxygens (including phenoxy) is 3. The standard InChI is InChI=1S/C30H39O3S.C2H4O2/c1-28(2,3)31-22-20-25(32-29(4,5)6)27(26(21-22)33-30(7,8)9)34(23-16-12-10-13-17-23)24-18-14-11-15-19-24;1-2(3)4/h10-21H,1-9H3;1H3,(H,3,4)/q+1;/p-1. The number of carboxylic acid groups (broad SMARTS) is 1. The minimum absolute atomic E-state index is 0.347. The zero-order chi connectivity index (χ0) is 28.7. The van der Waals surface area contributed by atoms with Crippen LogP contribution in [-0.4, -0.2) is 22.8 Å². The van der Waals surface area contributed by atoms with Gasteiger partial charge in [0.05, 0.1) is 0 Å². The molecule has 0 atom stereocenters. The molecule has 0 spiro atoms. The van der Waals surface area contributed by atoms with E-state index in [-0.39, 0.29) is 5.60 Å². The fourth-order valence-corrected chi connectivity index (χ4v) is 5.67. The number of carbonyl (C=O) groups excluding carboxylic acids is 1. The van der Waals surface area contributed by atoms with Gasteiger partial charge in [0.1, 0.15) is 33.4 Å². The van der Waals surface area contributed by atoms with Crippen molar-refractivity contribution in [3.63, 3.8) is 0 Å².